The van der Waals surface area contributed by atoms with Gasteiger partial charge in [-0.2, -0.15) is 0 Å². The maximum atomic E-state index is 4.39. The van der Waals surface area contributed by atoms with Gasteiger partial charge in [0.2, 0.25) is 5.13 Å². The van der Waals surface area contributed by atoms with Crippen LogP contribution in [0.1, 0.15) is 0 Å². The average Bonchev–Trinajstić information content (AvgIpc) is 2.80. The average molecular weight is 239 g/mol. The number of hydrogen-bond acceptors (Lipinski definition) is 4. The molecule has 0 unspecified atom stereocenters. The van der Waals surface area contributed by atoms with E-state index in [1.807, 2.05) is 54.6 Å². The van der Waals surface area contributed by atoms with Crippen LogP contribution >= 0.6 is 11.3 Å². The summed E-state index contributed by atoms with van der Waals surface area (Å²) < 4.78 is 1.13. The van der Waals surface area contributed by atoms with Crippen molar-refractivity contribution in [3.8, 4) is 0 Å². The van der Waals surface area contributed by atoms with Crippen molar-refractivity contribution in [3.63, 3.8) is 0 Å². The van der Waals surface area contributed by atoms with Gasteiger partial charge < -0.3 is 0 Å². The molecular formula is C13H9N3S. The fraction of sp³-hybridized carbons (Fsp3) is 0. The van der Waals surface area contributed by atoms with Crippen LogP contribution in [0.5, 0.6) is 0 Å². The zero-order valence-electron chi connectivity index (χ0n) is 8.95. The van der Waals surface area contributed by atoms with E-state index in [1.165, 1.54) is 0 Å². The molecule has 0 N–H and O–H groups in total. The molecule has 82 valence electrons. The third-order valence-electron chi connectivity index (χ3n) is 2.29. The second-order valence-electron chi connectivity index (χ2n) is 3.50. The molecule has 0 saturated heterocycles. The Hall–Kier alpha value is -2.07. The van der Waals surface area contributed by atoms with Crippen molar-refractivity contribution in [1.29, 1.82) is 0 Å². The van der Waals surface area contributed by atoms with Gasteiger partial charge in [-0.3, -0.25) is 0 Å². The third kappa shape index (κ3) is 2.21. The van der Waals surface area contributed by atoms with E-state index in [9.17, 15) is 0 Å². The van der Waals surface area contributed by atoms with Crippen LogP contribution in [0.2, 0.25) is 0 Å². The van der Waals surface area contributed by atoms with Crippen molar-refractivity contribution < 1.29 is 0 Å². The van der Waals surface area contributed by atoms with Gasteiger partial charge in [-0.05, 0) is 24.3 Å². The minimum Gasteiger partial charge on any atom is -0.217 e. The third-order valence-corrected chi connectivity index (χ3v) is 3.21. The summed E-state index contributed by atoms with van der Waals surface area (Å²) in [6.07, 6.45) is 0. The van der Waals surface area contributed by atoms with E-state index in [1.54, 1.807) is 11.3 Å². The van der Waals surface area contributed by atoms with E-state index in [4.69, 9.17) is 0 Å². The predicted octanol–water partition coefficient (Wildman–Crippen LogP) is 4.71. The number of azo groups is 1. The highest BCUT2D eigenvalue weighted by atomic mass is 32.1. The Bertz CT molecular complexity index is 625. The molecule has 1 heterocycles. The Kier molecular flexibility index (Phi) is 2.63. The fourth-order valence-electron chi connectivity index (χ4n) is 1.50. The number of nitrogens with zero attached hydrogens (tertiary/aromatic N) is 3. The molecule has 0 saturated carbocycles. The molecule has 0 aliphatic heterocycles. The van der Waals surface area contributed by atoms with Gasteiger partial charge >= 0.3 is 0 Å². The molecule has 0 spiro atoms. The molecule has 17 heavy (non-hydrogen) atoms. The summed E-state index contributed by atoms with van der Waals surface area (Å²) in [6, 6.07) is 17.6. The Morgan fingerprint density at radius 1 is 0.824 bits per heavy atom. The largest absolute Gasteiger partial charge is 0.231 e. The summed E-state index contributed by atoms with van der Waals surface area (Å²) in [7, 11) is 0. The minimum absolute atomic E-state index is 0.690. The van der Waals surface area contributed by atoms with Crippen LogP contribution < -0.4 is 0 Å². The number of benzene rings is 2. The van der Waals surface area contributed by atoms with Gasteiger partial charge in [-0.15, -0.1) is 10.2 Å². The van der Waals surface area contributed by atoms with Crippen LogP contribution in [0.25, 0.3) is 10.2 Å². The first kappa shape index (κ1) is 10.1. The summed E-state index contributed by atoms with van der Waals surface area (Å²) in [5.41, 5.74) is 1.81. The van der Waals surface area contributed by atoms with E-state index in [2.05, 4.69) is 15.2 Å². The standard InChI is InChI=1S/C13H9N3S/c1-2-6-10(7-3-1)15-16-13-14-11-8-4-5-9-12(11)17-13/h1-9H. The van der Waals surface area contributed by atoms with Crippen molar-refractivity contribution >= 4 is 32.4 Å². The van der Waals surface area contributed by atoms with Gasteiger partial charge in [0.1, 0.15) is 0 Å². The molecule has 0 fully saturated rings. The topological polar surface area (TPSA) is 37.6 Å². The molecule has 0 amide bonds. The molecule has 3 aromatic rings. The highest BCUT2D eigenvalue weighted by Gasteiger charge is 2.00. The Balaban J connectivity index is 1.92. The monoisotopic (exact) mass is 239 g/mol. The molecule has 3 rings (SSSR count). The first-order valence-corrected chi connectivity index (χ1v) is 6.06. The van der Waals surface area contributed by atoms with Gasteiger partial charge in [-0.25, -0.2) is 4.98 Å². The molecule has 0 atom stereocenters. The van der Waals surface area contributed by atoms with E-state index in [0.29, 0.717) is 5.13 Å². The summed E-state index contributed by atoms with van der Waals surface area (Å²) in [6.45, 7) is 0. The van der Waals surface area contributed by atoms with Gasteiger partial charge in [-0.1, -0.05) is 41.7 Å². The van der Waals surface area contributed by atoms with Gasteiger partial charge in [0.15, 0.2) is 0 Å². The van der Waals surface area contributed by atoms with Crippen molar-refractivity contribution in [1.82, 2.24) is 4.98 Å². The Labute approximate surface area is 102 Å². The summed E-state index contributed by atoms with van der Waals surface area (Å²) in [4.78, 5) is 4.39. The zero-order chi connectivity index (χ0) is 11.5. The molecule has 4 heteroatoms. The molecule has 0 aliphatic rings. The van der Waals surface area contributed by atoms with Crippen molar-refractivity contribution in [3.05, 3.63) is 54.6 Å². The summed E-state index contributed by atoms with van der Waals surface area (Å²) >= 11 is 1.54. The predicted molar refractivity (Wildman–Crippen MR) is 70.2 cm³/mol. The lowest BCUT2D eigenvalue weighted by Crippen LogP contribution is -1.64. The van der Waals surface area contributed by atoms with E-state index >= 15 is 0 Å². The molecule has 3 nitrogen and oxygen atoms in total. The quantitative estimate of drug-likeness (QED) is 0.596. The van der Waals surface area contributed by atoms with Crippen LogP contribution in [0, 0.1) is 0 Å². The van der Waals surface area contributed by atoms with Gasteiger partial charge in [0.25, 0.3) is 0 Å². The molecule has 2 aromatic carbocycles. The zero-order valence-corrected chi connectivity index (χ0v) is 9.76. The van der Waals surface area contributed by atoms with Crippen LogP contribution in [0.3, 0.4) is 0 Å². The van der Waals surface area contributed by atoms with Crippen LogP contribution in [-0.2, 0) is 0 Å². The van der Waals surface area contributed by atoms with Gasteiger partial charge in [0, 0.05) is 0 Å². The number of fused-ring (bicyclic) bond motifs is 1. The molecule has 0 radical (unpaired) electrons. The van der Waals surface area contributed by atoms with Crippen molar-refractivity contribution in [2.75, 3.05) is 0 Å². The number of hydrogen-bond donors (Lipinski definition) is 0. The highest BCUT2D eigenvalue weighted by Crippen LogP contribution is 2.28. The summed E-state index contributed by atoms with van der Waals surface area (Å²) in [5, 5.41) is 8.98. The lowest BCUT2D eigenvalue weighted by molar-refractivity contribution is 1.21. The molecular weight excluding hydrogens is 230 g/mol. The van der Waals surface area contributed by atoms with Crippen LogP contribution in [0.15, 0.2) is 64.8 Å². The van der Waals surface area contributed by atoms with Crippen molar-refractivity contribution in [2.45, 2.75) is 0 Å². The minimum atomic E-state index is 0.690. The van der Waals surface area contributed by atoms with Crippen molar-refractivity contribution in [2.24, 2.45) is 10.2 Å². The van der Waals surface area contributed by atoms with E-state index < -0.39 is 0 Å². The fourth-order valence-corrected chi connectivity index (χ4v) is 2.29. The van der Waals surface area contributed by atoms with Gasteiger partial charge in [0.05, 0.1) is 15.9 Å². The van der Waals surface area contributed by atoms with E-state index in [-0.39, 0.29) is 0 Å². The number of para-hydroxylation sites is 1. The highest BCUT2D eigenvalue weighted by molar-refractivity contribution is 7.21. The lowest BCUT2D eigenvalue weighted by Gasteiger charge is -1.87. The maximum absolute atomic E-state index is 4.39. The number of thiazole rings is 1. The van der Waals surface area contributed by atoms with Crippen LogP contribution in [-0.4, -0.2) is 4.98 Å². The number of aromatic nitrogens is 1. The second-order valence-corrected chi connectivity index (χ2v) is 4.51. The first-order valence-electron chi connectivity index (χ1n) is 5.24. The first-order chi connectivity index (χ1) is 8.42. The van der Waals surface area contributed by atoms with Crippen LogP contribution in [0.4, 0.5) is 10.8 Å². The molecule has 1 aromatic heterocycles. The SMILES string of the molecule is c1ccc(N=Nc2nc3ccccc3s2)cc1. The summed E-state index contributed by atoms with van der Waals surface area (Å²) in [5.74, 6) is 0. The second kappa shape index (κ2) is 4.43. The lowest BCUT2D eigenvalue weighted by atomic mass is 10.3. The number of rotatable bonds is 2. The Morgan fingerprint density at radius 3 is 2.41 bits per heavy atom. The van der Waals surface area contributed by atoms with E-state index in [0.717, 1.165) is 15.9 Å². The maximum Gasteiger partial charge on any atom is 0.231 e. The Morgan fingerprint density at radius 2 is 1.59 bits per heavy atom. The smallest absolute Gasteiger partial charge is 0.217 e. The normalized spacial score (nSPS) is 11.3. The molecule has 0 aliphatic carbocycles. The molecule has 0 bridgehead atoms.